The predicted octanol–water partition coefficient (Wildman–Crippen LogP) is 1.82. The molecule has 0 aliphatic carbocycles. The van der Waals surface area contributed by atoms with Crippen LogP contribution in [0.15, 0.2) is 53.0 Å². The Bertz CT molecular complexity index is 904. The number of nitrogens with zero attached hydrogens (tertiary/aromatic N) is 1. The SMILES string of the molecule is CCN1C(=O)[C@H](NC(=O)C(=O)NC[C@H](O)c2ccccc2)c2cc(Br)ccc21. The minimum absolute atomic E-state index is 0.113. The van der Waals surface area contributed by atoms with E-state index in [2.05, 4.69) is 26.6 Å². The normalized spacial score (nSPS) is 16.5. The van der Waals surface area contributed by atoms with Crippen LogP contribution in [0.25, 0.3) is 0 Å². The Balaban J connectivity index is 1.65. The van der Waals surface area contributed by atoms with Crippen LogP contribution in [0.2, 0.25) is 0 Å². The van der Waals surface area contributed by atoms with Crippen LogP contribution in [0, 0.1) is 0 Å². The van der Waals surface area contributed by atoms with Gasteiger partial charge in [-0.1, -0.05) is 46.3 Å². The van der Waals surface area contributed by atoms with Crippen LogP contribution in [0.5, 0.6) is 0 Å². The molecule has 2 atom stereocenters. The number of halogens is 1. The second-order valence-electron chi connectivity index (χ2n) is 6.33. The van der Waals surface area contributed by atoms with E-state index in [0.717, 1.165) is 4.47 Å². The Morgan fingerprint density at radius 2 is 1.89 bits per heavy atom. The topological polar surface area (TPSA) is 98.7 Å². The number of amides is 3. The van der Waals surface area contributed by atoms with Crippen molar-refractivity contribution in [2.24, 2.45) is 0 Å². The third-order valence-corrected chi connectivity index (χ3v) is 5.04. The highest BCUT2D eigenvalue weighted by Crippen LogP contribution is 2.37. The van der Waals surface area contributed by atoms with E-state index in [1.165, 1.54) is 0 Å². The number of benzene rings is 2. The first kappa shape index (κ1) is 20.0. The van der Waals surface area contributed by atoms with Crippen molar-refractivity contribution in [3.8, 4) is 0 Å². The molecule has 3 amide bonds. The molecule has 0 saturated carbocycles. The molecule has 28 heavy (non-hydrogen) atoms. The second kappa shape index (κ2) is 8.53. The molecule has 0 unspecified atom stereocenters. The zero-order valence-corrected chi connectivity index (χ0v) is 16.8. The van der Waals surface area contributed by atoms with Crippen molar-refractivity contribution in [1.82, 2.24) is 10.6 Å². The van der Waals surface area contributed by atoms with E-state index in [-0.39, 0.29) is 12.5 Å². The van der Waals surface area contributed by atoms with Crippen molar-refractivity contribution in [3.63, 3.8) is 0 Å². The summed E-state index contributed by atoms with van der Waals surface area (Å²) in [7, 11) is 0. The van der Waals surface area contributed by atoms with Gasteiger partial charge in [0.2, 0.25) is 0 Å². The number of aliphatic hydroxyl groups is 1. The number of anilines is 1. The van der Waals surface area contributed by atoms with E-state index >= 15 is 0 Å². The number of hydrogen-bond acceptors (Lipinski definition) is 4. The molecule has 8 heteroatoms. The molecule has 1 aliphatic heterocycles. The predicted molar refractivity (Wildman–Crippen MR) is 107 cm³/mol. The van der Waals surface area contributed by atoms with Gasteiger partial charge in [-0.2, -0.15) is 0 Å². The van der Waals surface area contributed by atoms with Gasteiger partial charge >= 0.3 is 11.8 Å². The van der Waals surface area contributed by atoms with Crippen LogP contribution in [0.1, 0.15) is 30.2 Å². The van der Waals surface area contributed by atoms with Crippen molar-refractivity contribution >= 4 is 39.3 Å². The van der Waals surface area contributed by atoms with E-state index in [1.807, 2.05) is 19.1 Å². The van der Waals surface area contributed by atoms with Gasteiger partial charge < -0.3 is 20.6 Å². The van der Waals surface area contributed by atoms with Crippen molar-refractivity contribution in [2.75, 3.05) is 18.0 Å². The van der Waals surface area contributed by atoms with E-state index in [0.29, 0.717) is 23.4 Å². The molecule has 3 N–H and O–H groups in total. The van der Waals surface area contributed by atoms with Gasteiger partial charge in [0.15, 0.2) is 0 Å². The van der Waals surface area contributed by atoms with Gasteiger partial charge in [-0.15, -0.1) is 0 Å². The lowest BCUT2D eigenvalue weighted by Gasteiger charge is -2.16. The number of carbonyl (C=O) groups excluding carboxylic acids is 3. The monoisotopic (exact) mass is 445 g/mol. The Kier molecular flexibility index (Phi) is 6.11. The summed E-state index contributed by atoms with van der Waals surface area (Å²) in [4.78, 5) is 38.6. The molecule has 2 aromatic rings. The fourth-order valence-corrected chi connectivity index (χ4v) is 3.51. The summed E-state index contributed by atoms with van der Waals surface area (Å²) >= 11 is 3.36. The number of carbonyl (C=O) groups is 3. The van der Waals surface area contributed by atoms with Crippen LogP contribution in [0.4, 0.5) is 5.69 Å². The fraction of sp³-hybridized carbons (Fsp3) is 0.250. The molecule has 0 aromatic heterocycles. The third kappa shape index (κ3) is 4.07. The minimum atomic E-state index is -0.932. The molecule has 1 heterocycles. The van der Waals surface area contributed by atoms with Crippen LogP contribution in [0.3, 0.4) is 0 Å². The average Bonchev–Trinajstić information content (AvgIpc) is 2.96. The number of aliphatic hydroxyl groups excluding tert-OH is 1. The van der Waals surface area contributed by atoms with E-state index in [9.17, 15) is 19.5 Å². The maximum atomic E-state index is 12.6. The lowest BCUT2D eigenvalue weighted by atomic mass is 10.1. The summed E-state index contributed by atoms with van der Waals surface area (Å²) in [5.74, 6) is -2.13. The van der Waals surface area contributed by atoms with Crippen molar-refractivity contribution in [2.45, 2.75) is 19.1 Å². The number of likely N-dealkylation sites (N-methyl/N-ethyl adjacent to an activating group) is 1. The largest absolute Gasteiger partial charge is 0.387 e. The van der Waals surface area contributed by atoms with E-state index < -0.39 is 24.0 Å². The van der Waals surface area contributed by atoms with Crippen LogP contribution >= 0.6 is 15.9 Å². The molecule has 3 rings (SSSR count). The maximum Gasteiger partial charge on any atom is 0.310 e. The highest BCUT2D eigenvalue weighted by Gasteiger charge is 2.38. The number of nitrogens with one attached hydrogen (secondary N) is 2. The molecular weight excluding hydrogens is 426 g/mol. The first-order valence-corrected chi connectivity index (χ1v) is 9.64. The number of rotatable bonds is 5. The van der Waals surface area contributed by atoms with Gasteiger partial charge in [0.05, 0.1) is 6.10 Å². The first-order valence-electron chi connectivity index (χ1n) is 8.85. The first-order chi connectivity index (χ1) is 13.4. The standard InChI is InChI=1S/C20H20BrN3O4/c1-2-24-15-9-8-13(21)10-14(15)17(20(24)28)23-19(27)18(26)22-11-16(25)12-6-4-3-5-7-12/h3-10,16-17,25H,2,11H2,1H3,(H,22,26)(H,23,27)/t16-,17+/m0/s1. The van der Waals surface area contributed by atoms with Gasteiger partial charge in [0.1, 0.15) is 6.04 Å². The van der Waals surface area contributed by atoms with Gasteiger partial charge in [0.25, 0.3) is 5.91 Å². The van der Waals surface area contributed by atoms with Gasteiger partial charge in [0, 0.05) is 28.8 Å². The molecule has 7 nitrogen and oxygen atoms in total. The molecule has 0 fully saturated rings. The zero-order chi connectivity index (χ0) is 20.3. The molecule has 2 aromatic carbocycles. The Hall–Kier alpha value is -2.71. The highest BCUT2D eigenvalue weighted by molar-refractivity contribution is 9.10. The van der Waals surface area contributed by atoms with Crippen LogP contribution in [-0.4, -0.2) is 35.9 Å². The fourth-order valence-electron chi connectivity index (χ4n) is 3.13. The summed E-state index contributed by atoms with van der Waals surface area (Å²) in [5, 5.41) is 15.0. The molecular formula is C20H20BrN3O4. The maximum absolute atomic E-state index is 12.6. The minimum Gasteiger partial charge on any atom is -0.387 e. The van der Waals surface area contributed by atoms with Crippen molar-refractivity contribution in [3.05, 3.63) is 64.1 Å². The van der Waals surface area contributed by atoms with E-state index in [1.54, 1.807) is 41.3 Å². The Morgan fingerprint density at radius 3 is 2.57 bits per heavy atom. The van der Waals surface area contributed by atoms with Crippen LogP contribution < -0.4 is 15.5 Å². The summed E-state index contributed by atoms with van der Waals surface area (Å²) in [5.41, 5.74) is 1.97. The van der Waals surface area contributed by atoms with Gasteiger partial charge in [-0.25, -0.2) is 0 Å². The molecule has 0 spiro atoms. The Morgan fingerprint density at radius 1 is 1.18 bits per heavy atom. The molecule has 0 saturated heterocycles. The van der Waals surface area contributed by atoms with Gasteiger partial charge in [-0.05, 0) is 30.7 Å². The van der Waals surface area contributed by atoms with Crippen LogP contribution in [-0.2, 0) is 14.4 Å². The average molecular weight is 446 g/mol. The molecule has 146 valence electrons. The summed E-state index contributed by atoms with van der Waals surface area (Å²) in [6.45, 7) is 2.18. The summed E-state index contributed by atoms with van der Waals surface area (Å²) < 4.78 is 0.770. The summed E-state index contributed by atoms with van der Waals surface area (Å²) in [6, 6.07) is 13.2. The molecule has 1 aliphatic rings. The lowest BCUT2D eigenvalue weighted by Crippen LogP contribution is -2.45. The summed E-state index contributed by atoms with van der Waals surface area (Å²) in [6.07, 6.45) is -0.932. The number of fused-ring (bicyclic) bond motifs is 1. The Labute approximate surface area is 170 Å². The molecule has 0 bridgehead atoms. The molecule has 0 radical (unpaired) electrons. The zero-order valence-electron chi connectivity index (χ0n) is 15.2. The third-order valence-electron chi connectivity index (χ3n) is 4.54. The van der Waals surface area contributed by atoms with E-state index in [4.69, 9.17) is 0 Å². The van der Waals surface area contributed by atoms with Crippen molar-refractivity contribution < 1.29 is 19.5 Å². The quantitative estimate of drug-likeness (QED) is 0.611. The second-order valence-corrected chi connectivity index (χ2v) is 7.24. The highest BCUT2D eigenvalue weighted by atomic mass is 79.9. The smallest absolute Gasteiger partial charge is 0.310 e. The van der Waals surface area contributed by atoms with Crippen molar-refractivity contribution in [1.29, 1.82) is 0 Å². The van der Waals surface area contributed by atoms with Gasteiger partial charge in [-0.3, -0.25) is 14.4 Å². The number of hydrogen-bond donors (Lipinski definition) is 3. The lowest BCUT2D eigenvalue weighted by molar-refractivity contribution is -0.140.